The van der Waals surface area contributed by atoms with E-state index in [0.717, 1.165) is 27.3 Å². The molecule has 0 aliphatic carbocycles. The lowest BCUT2D eigenvalue weighted by molar-refractivity contribution is -0.138. The summed E-state index contributed by atoms with van der Waals surface area (Å²) in [5, 5.41) is 2.77. The summed E-state index contributed by atoms with van der Waals surface area (Å²) >= 11 is 0. The minimum atomic E-state index is -1.04. The number of aryl methyl sites for hydroxylation is 2. The standard InChI is InChI=1S/C24H29N3O4/c1-17-7-5-6-8-19(17)15-26(3)21(28)16-27-22(29)24(2,25-23(27)30)14-13-18-9-11-20(31-4)12-10-18/h5-12H,13-16H2,1-4H3,(H,25,30). The highest BCUT2D eigenvalue weighted by atomic mass is 16.5. The molecule has 0 aromatic heterocycles. The quantitative estimate of drug-likeness (QED) is 0.662. The highest BCUT2D eigenvalue weighted by Crippen LogP contribution is 2.24. The second-order valence-electron chi connectivity index (χ2n) is 8.18. The summed E-state index contributed by atoms with van der Waals surface area (Å²) in [7, 11) is 3.28. The van der Waals surface area contributed by atoms with Gasteiger partial charge in [-0.15, -0.1) is 0 Å². The van der Waals surface area contributed by atoms with E-state index in [1.165, 1.54) is 4.90 Å². The molecule has 2 aromatic carbocycles. The Morgan fingerprint density at radius 3 is 2.45 bits per heavy atom. The Kier molecular flexibility index (Phi) is 6.63. The monoisotopic (exact) mass is 423 g/mol. The molecule has 0 bridgehead atoms. The van der Waals surface area contributed by atoms with E-state index >= 15 is 0 Å². The Balaban J connectivity index is 1.60. The van der Waals surface area contributed by atoms with Gasteiger partial charge in [0, 0.05) is 13.6 Å². The third kappa shape index (κ3) is 5.05. The predicted octanol–water partition coefficient (Wildman–Crippen LogP) is 2.91. The molecule has 31 heavy (non-hydrogen) atoms. The fourth-order valence-corrected chi connectivity index (χ4v) is 3.63. The maximum Gasteiger partial charge on any atom is 0.325 e. The summed E-state index contributed by atoms with van der Waals surface area (Å²) in [5.41, 5.74) is 2.12. The van der Waals surface area contributed by atoms with Crippen LogP contribution in [0.1, 0.15) is 30.0 Å². The van der Waals surface area contributed by atoms with Gasteiger partial charge in [-0.05, 0) is 55.5 Å². The fourth-order valence-electron chi connectivity index (χ4n) is 3.63. The third-order valence-electron chi connectivity index (χ3n) is 5.81. The molecule has 1 unspecified atom stereocenters. The third-order valence-corrected chi connectivity index (χ3v) is 5.81. The zero-order chi connectivity index (χ0) is 22.6. The molecule has 7 nitrogen and oxygen atoms in total. The highest BCUT2D eigenvalue weighted by Gasteiger charge is 2.48. The van der Waals surface area contributed by atoms with Crippen LogP contribution in [0.4, 0.5) is 4.79 Å². The van der Waals surface area contributed by atoms with Crippen molar-refractivity contribution in [2.24, 2.45) is 0 Å². The number of methoxy groups -OCH3 is 1. The van der Waals surface area contributed by atoms with E-state index in [9.17, 15) is 14.4 Å². The van der Waals surface area contributed by atoms with Crippen molar-refractivity contribution in [1.82, 2.24) is 15.1 Å². The number of hydrogen-bond donors (Lipinski definition) is 1. The summed E-state index contributed by atoms with van der Waals surface area (Å²) in [6.07, 6.45) is 1.05. The minimum Gasteiger partial charge on any atom is -0.497 e. The largest absolute Gasteiger partial charge is 0.497 e. The normalized spacial score (nSPS) is 18.1. The summed E-state index contributed by atoms with van der Waals surface area (Å²) < 4.78 is 5.16. The smallest absolute Gasteiger partial charge is 0.325 e. The van der Waals surface area contributed by atoms with Gasteiger partial charge in [0.05, 0.1) is 7.11 Å². The first-order valence-corrected chi connectivity index (χ1v) is 10.3. The van der Waals surface area contributed by atoms with Gasteiger partial charge in [0.2, 0.25) is 5.91 Å². The first kappa shape index (κ1) is 22.3. The Morgan fingerprint density at radius 1 is 1.13 bits per heavy atom. The number of amides is 4. The molecule has 1 aliphatic rings. The first-order chi connectivity index (χ1) is 14.7. The van der Waals surface area contributed by atoms with Gasteiger partial charge in [-0.3, -0.25) is 14.5 Å². The lowest BCUT2D eigenvalue weighted by Crippen LogP contribution is -2.45. The average molecular weight is 424 g/mol. The zero-order valence-corrected chi connectivity index (χ0v) is 18.5. The number of ether oxygens (including phenoxy) is 1. The van der Waals surface area contributed by atoms with Crippen LogP contribution in [0.5, 0.6) is 5.75 Å². The maximum absolute atomic E-state index is 13.0. The summed E-state index contributed by atoms with van der Waals surface area (Å²) in [6, 6.07) is 14.9. The number of carbonyl (C=O) groups excluding carboxylic acids is 3. The number of likely N-dealkylation sites (N-methyl/N-ethyl adjacent to an activating group) is 1. The molecule has 1 saturated heterocycles. The molecule has 1 aliphatic heterocycles. The zero-order valence-electron chi connectivity index (χ0n) is 18.5. The molecular formula is C24H29N3O4. The van der Waals surface area contributed by atoms with E-state index < -0.39 is 11.6 Å². The minimum absolute atomic E-state index is 0.273. The topological polar surface area (TPSA) is 79.0 Å². The second kappa shape index (κ2) is 9.20. The van der Waals surface area contributed by atoms with Crippen molar-refractivity contribution in [2.45, 2.75) is 38.8 Å². The number of nitrogens with one attached hydrogen (secondary N) is 1. The lowest BCUT2D eigenvalue weighted by Gasteiger charge is -2.23. The van der Waals surface area contributed by atoms with E-state index in [1.807, 2.05) is 55.5 Å². The predicted molar refractivity (Wildman–Crippen MR) is 118 cm³/mol. The van der Waals surface area contributed by atoms with Crippen molar-refractivity contribution >= 4 is 17.8 Å². The van der Waals surface area contributed by atoms with E-state index in [-0.39, 0.29) is 18.4 Å². The molecule has 1 N–H and O–H groups in total. The molecular weight excluding hydrogens is 394 g/mol. The molecule has 4 amide bonds. The molecule has 1 atom stereocenters. The van der Waals surface area contributed by atoms with Crippen molar-refractivity contribution in [3.05, 3.63) is 65.2 Å². The van der Waals surface area contributed by atoms with E-state index in [1.54, 1.807) is 21.1 Å². The Hall–Kier alpha value is -3.35. The first-order valence-electron chi connectivity index (χ1n) is 10.3. The fraction of sp³-hybridized carbons (Fsp3) is 0.375. The Bertz CT molecular complexity index is 973. The summed E-state index contributed by atoms with van der Waals surface area (Å²) in [4.78, 5) is 40.7. The lowest BCUT2D eigenvalue weighted by atomic mass is 9.93. The van der Waals surface area contributed by atoms with E-state index in [2.05, 4.69) is 5.32 Å². The molecule has 7 heteroatoms. The number of hydrogen-bond acceptors (Lipinski definition) is 4. The van der Waals surface area contributed by atoms with Crippen molar-refractivity contribution in [2.75, 3.05) is 20.7 Å². The van der Waals surface area contributed by atoms with Crippen molar-refractivity contribution in [1.29, 1.82) is 0 Å². The van der Waals surface area contributed by atoms with Crippen LogP contribution in [-0.2, 0) is 22.6 Å². The SMILES string of the molecule is COc1ccc(CCC2(C)NC(=O)N(CC(=O)N(C)Cc3ccccc3C)C2=O)cc1. The molecule has 1 heterocycles. The van der Waals surface area contributed by atoms with Gasteiger partial charge in [-0.25, -0.2) is 4.79 Å². The number of carbonyl (C=O) groups is 3. The number of urea groups is 1. The van der Waals surface area contributed by atoms with Gasteiger partial charge < -0.3 is 15.0 Å². The molecule has 0 saturated carbocycles. The number of imide groups is 1. The summed E-state index contributed by atoms with van der Waals surface area (Å²) in [5.74, 6) is 0.106. The van der Waals surface area contributed by atoms with Crippen molar-refractivity contribution < 1.29 is 19.1 Å². The average Bonchev–Trinajstić information content (AvgIpc) is 2.97. The van der Waals surface area contributed by atoms with Crippen LogP contribution < -0.4 is 10.1 Å². The highest BCUT2D eigenvalue weighted by molar-refractivity contribution is 6.08. The van der Waals surface area contributed by atoms with E-state index in [4.69, 9.17) is 4.74 Å². The van der Waals surface area contributed by atoms with Crippen LogP contribution in [0.25, 0.3) is 0 Å². The van der Waals surface area contributed by atoms with Gasteiger partial charge in [0.1, 0.15) is 17.8 Å². The van der Waals surface area contributed by atoms with Crippen LogP contribution in [-0.4, -0.2) is 53.9 Å². The van der Waals surface area contributed by atoms with Crippen LogP contribution in [0, 0.1) is 6.92 Å². The Morgan fingerprint density at radius 2 is 1.81 bits per heavy atom. The van der Waals surface area contributed by atoms with Crippen molar-refractivity contribution in [3.63, 3.8) is 0 Å². The van der Waals surface area contributed by atoms with E-state index in [0.29, 0.717) is 19.4 Å². The molecule has 164 valence electrons. The molecule has 0 spiro atoms. The molecule has 1 fully saturated rings. The second-order valence-corrected chi connectivity index (χ2v) is 8.18. The molecule has 3 rings (SSSR count). The summed E-state index contributed by atoms with van der Waals surface area (Å²) in [6.45, 7) is 3.84. The van der Waals surface area contributed by atoms with Crippen LogP contribution in [0.2, 0.25) is 0 Å². The Labute approximate surface area is 183 Å². The van der Waals surface area contributed by atoms with Crippen molar-refractivity contribution in [3.8, 4) is 5.75 Å². The number of benzene rings is 2. The van der Waals surface area contributed by atoms with Gasteiger partial charge in [-0.1, -0.05) is 36.4 Å². The number of rotatable bonds is 8. The van der Waals surface area contributed by atoms with Gasteiger partial charge in [-0.2, -0.15) is 0 Å². The van der Waals surface area contributed by atoms with Crippen LogP contribution >= 0.6 is 0 Å². The van der Waals surface area contributed by atoms with Crippen LogP contribution in [0.15, 0.2) is 48.5 Å². The van der Waals surface area contributed by atoms with Gasteiger partial charge in [0.25, 0.3) is 5.91 Å². The molecule has 0 radical (unpaired) electrons. The maximum atomic E-state index is 13.0. The van der Waals surface area contributed by atoms with Gasteiger partial charge in [0.15, 0.2) is 0 Å². The number of nitrogens with zero attached hydrogens (tertiary/aromatic N) is 2. The van der Waals surface area contributed by atoms with Gasteiger partial charge >= 0.3 is 6.03 Å². The molecule has 2 aromatic rings. The van der Waals surface area contributed by atoms with Crippen LogP contribution in [0.3, 0.4) is 0 Å².